The van der Waals surface area contributed by atoms with Gasteiger partial charge in [-0.25, -0.2) is 0 Å². The van der Waals surface area contributed by atoms with Crippen molar-refractivity contribution in [2.45, 2.75) is 13.0 Å². The summed E-state index contributed by atoms with van der Waals surface area (Å²) >= 11 is 0. The van der Waals surface area contributed by atoms with E-state index in [2.05, 4.69) is 15.2 Å². The molecule has 0 bridgehead atoms. The molecule has 3 aromatic rings. The molecule has 154 valence electrons. The topological polar surface area (TPSA) is 91.6 Å². The minimum Gasteiger partial charge on any atom is -0.363 e. The van der Waals surface area contributed by atoms with E-state index in [1.165, 1.54) is 6.07 Å². The van der Waals surface area contributed by atoms with Gasteiger partial charge in [0.05, 0.1) is 22.2 Å². The summed E-state index contributed by atoms with van der Waals surface area (Å²) in [6.07, 6.45) is 1.73. The highest BCUT2D eigenvalue weighted by atomic mass is 16.6. The molecular weight excluding hydrogens is 382 g/mol. The van der Waals surface area contributed by atoms with Crippen LogP contribution in [0.25, 0.3) is 10.9 Å². The van der Waals surface area contributed by atoms with Crippen molar-refractivity contribution < 1.29 is 9.72 Å². The Morgan fingerprint density at radius 3 is 2.60 bits per heavy atom. The van der Waals surface area contributed by atoms with E-state index in [1.54, 1.807) is 18.3 Å². The van der Waals surface area contributed by atoms with Gasteiger partial charge in [-0.3, -0.25) is 24.8 Å². The number of nitrogens with zero attached hydrogens (tertiary/aromatic N) is 4. The molecule has 8 heteroatoms. The highest BCUT2D eigenvalue weighted by molar-refractivity contribution is 6.02. The van der Waals surface area contributed by atoms with E-state index in [9.17, 15) is 14.9 Å². The first kappa shape index (κ1) is 19.8. The van der Waals surface area contributed by atoms with Crippen molar-refractivity contribution in [3.8, 4) is 0 Å². The second-order valence-corrected chi connectivity index (χ2v) is 7.31. The summed E-state index contributed by atoms with van der Waals surface area (Å²) in [5.74, 6) is -0.0782. The van der Waals surface area contributed by atoms with Gasteiger partial charge in [0.25, 0.3) is 5.69 Å². The van der Waals surface area contributed by atoms with Gasteiger partial charge in [-0.15, -0.1) is 0 Å². The van der Waals surface area contributed by atoms with Crippen molar-refractivity contribution in [1.82, 2.24) is 9.88 Å². The van der Waals surface area contributed by atoms with Crippen molar-refractivity contribution in [3.05, 3.63) is 70.9 Å². The average molecular weight is 405 g/mol. The number of anilines is 2. The lowest BCUT2D eigenvalue weighted by atomic mass is 10.1. The third-order valence-corrected chi connectivity index (χ3v) is 5.56. The molecule has 1 aliphatic heterocycles. The Bertz CT molecular complexity index is 1070. The smallest absolute Gasteiger partial charge is 0.292 e. The molecule has 1 saturated heterocycles. The molecule has 8 nitrogen and oxygen atoms in total. The van der Waals surface area contributed by atoms with Gasteiger partial charge in [0.2, 0.25) is 5.91 Å². The average Bonchev–Trinajstić information content (AvgIpc) is 2.79. The number of nitro benzene ring substituents is 1. The molecule has 2 heterocycles. The lowest BCUT2D eigenvalue weighted by Gasteiger charge is -2.38. The fraction of sp³-hybridized carbons (Fsp3) is 0.273. The molecule has 1 aliphatic rings. The van der Waals surface area contributed by atoms with Crippen molar-refractivity contribution in [1.29, 1.82) is 0 Å². The molecule has 4 rings (SSSR count). The maximum Gasteiger partial charge on any atom is 0.292 e. The maximum absolute atomic E-state index is 12.9. The lowest BCUT2D eigenvalue weighted by Crippen LogP contribution is -2.53. The summed E-state index contributed by atoms with van der Waals surface area (Å²) < 4.78 is 0. The van der Waals surface area contributed by atoms with Crippen LogP contribution >= 0.6 is 0 Å². The minimum atomic E-state index is -0.350. The normalized spacial score (nSPS) is 15.7. The number of nitro groups is 1. The molecule has 0 radical (unpaired) electrons. The molecule has 1 atom stereocenters. The zero-order valence-corrected chi connectivity index (χ0v) is 16.7. The lowest BCUT2D eigenvalue weighted by molar-refractivity contribution is -0.384. The molecule has 2 aromatic carbocycles. The molecule has 0 aliphatic carbocycles. The zero-order chi connectivity index (χ0) is 21.1. The number of nitrogens with one attached hydrogen (secondary N) is 1. The molecule has 1 unspecified atom stereocenters. The number of aromatic nitrogens is 1. The van der Waals surface area contributed by atoms with E-state index in [0.29, 0.717) is 31.9 Å². The first-order valence-corrected chi connectivity index (χ1v) is 9.91. The van der Waals surface area contributed by atoms with Crippen molar-refractivity contribution in [3.63, 3.8) is 0 Å². The van der Waals surface area contributed by atoms with Gasteiger partial charge in [-0.2, -0.15) is 0 Å². The fourth-order valence-electron chi connectivity index (χ4n) is 3.85. The number of carbonyl (C=O) groups excluding carboxylic acids is 1. The first-order valence-electron chi connectivity index (χ1n) is 9.91. The number of hydrogen-bond acceptors (Lipinski definition) is 6. The fourth-order valence-corrected chi connectivity index (χ4v) is 3.85. The number of rotatable bonds is 5. The van der Waals surface area contributed by atoms with Crippen LogP contribution in [0, 0.1) is 10.1 Å². The minimum absolute atomic E-state index is 0.0782. The highest BCUT2D eigenvalue weighted by Gasteiger charge is 2.28. The van der Waals surface area contributed by atoms with Crippen molar-refractivity contribution in [2.75, 3.05) is 36.4 Å². The van der Waals surface area contributed by atoms with Crippen LogP contribution in [-0.2, 0) is 4.79 Å². The Kier molecular flexibility index (Phi) is 5.58. The van der Waals surface area contributed by atoms with Gasteiger partial charge in [0.1, 0.15) is 5.69 Å². The predicted octanol–water partition coefficient (Wildman–Crippen LogP) is 3.29. The molecule has 1 amide bonds. The summed E-state index contributed by atoms with van der Waals surface area (Å²) in [4.78, 5) is 32.3. The van der Waals surface area contributed by atoms with Gasteiger partial charge in [-0.05, 0) is 37.3 Å². The third-order valence-electron chi connectivity index (χ3n) is 5.56. The van der Waals surface area contributed by atoms with Gasteiger partial charge in [-0.1, -0.05) is 18.2 Å². The number of pyridine rings is 1. The number of hydrogen-bond donors (Lipinski definition) is 1. The van der Waals surface area contributed by atoms with Crippen LogP contribution in [0.2, 0.25) is 0 Å². The Balaban J connectivity index is 1.41. The van der Waals surface area contributed by atoms with Gasteiger partial charge >= 0.3 is 0 Å². The Labute approximate surface area is 174 Å². The molecule has 0 spiro atoms. The van der Waals surface area contributed by atoms with E-state index in [1.807, 2.05) is 48.2 Å². The summed E-state index contributed by atoms with van der Waals surface area (Å²) in [7, 11) is 0. The molecule has 30 heavy (non-hydrogen) atoms. The van der Waals surface area contributed by atoms with Crippen LogP contribution < -0.4 is 10.2 Å². The zero-order valence-electron chi connectivity index (χ0n) is 16.7. The van der Waals surface area contributed by atoms with Gasteiger partial charge in [0.15, 0.2) is 0 Å². The van der Waals surface area contributed by atoms with Gasteiger partial charge < -0.3 is 10.2 Å². The van der Waals surface area contributed by atoms with E-state index >= 15 is 0 Å². The second-order valence-electron chi connectivity index (χ2n) is 7.31. The SMILES string of the molecule is CC(C(=O)Nc1cccc2ncccc12)N1CCN(c2ccccc2[N+](=O)[O-])CC1. The Morgan fingerprint density at radius 1 is 1.07 bits per heavy atom. The third kappa shape index (κ3) is 3.95. The number of para-hydroxylation sites is 2. The molecule has 1 fully saturated rings. The van der Waals surface area contributed by atoms with Crippen LogP contribution in [0.4, 0.5) is 17.1 Å². The van der Waals surface area contributed by atoms with E-state index in [0.717, 1.165) is 16.6 Å². The van der Waals surface area contributed by atoms with E-state index in [4.69, 9.17) is 0 Å². The molecule has 0 saturated carbocycles. The van der Waals surface area contributed by atoms with Gasteiger partial charge in [0, 0.05) is 43.8 Å². The monoisotopic (exact) mass is 405 g/mol. The number of piperazine rings is 1. The van der Waals surface area contributed by atoms with Crippen molar-refractivity contribution >= 4 is 33.9 Å². The first-order chi connectivity index (χ1) is 14.5. The number of amides is 1. The summed E-state index contributed by atoms with van der Waals surface area (Å²) in [6.45, 7) is 4.44. The second kappa shape index (κ2) is 8.46. The van der Waals surface area contributed by atoms with Crippen LogP contribution in [0.1, 0.15) is 6.92 Å². The van der Waals surface area contributed by atoms with Crippen LogP contribution in [0.3, 0.4) is 0 Å². The van der Waals surface area contributed by atoms with Crippen LogP contribution in [0.5, 0.6) is 0 Å². The summed E-state index contributed by atoms with van der Waals surface area (Å²) in [5.41, 5.74) is 2.32. The summed E-state index contributed by atoms with van der Waals surface area (Å²) in [5, 5.41) is 15.2. The molecule has 1 aromatic heterocycles. The largest absolute Gasteiger partial charge is 0.363 e. The van der Waals surface area contributed by atoms with E-state index < -0.39 is 0 Å². The van der Waals surface area contributed by atoms with Crippen LogP contribution in [-0.4, -0.2) is 52.9 Å². The predicted molar refractivity (Wildman–Crippen MR) is 117 cm³/mol. The number of benzene rings is 2. The van der Waals surface area contributed by atoms with Crippen molar-refractivity contribution in [2.24, 2.45) is 0 Å². The molecular formula is C22H23N5O3. The maximum atomic E-state index is 12.9. The summed E-state index contributed by atoms with van der Waals surface area (Å²) in [6, 6.07) is 15.9. The van der Waals surface area contributed by atoms with E-state index in [-0.39, 0.29) is 22.6 Å². The standard InChI is InChI=1S/C22H23N5O3/c1-16(22(28)24-19-8-4-7-18-17(19)6-5-11-23-18)25-12-14-26(15-13-25)20-9-2-3-10-21(20)27(29)30/h2-11,16H,12-15H2,1H3,(H,24,28). The molecule has 1 N–H and O–H groups in total. The van der Waals surface area contributed by atoms with Crippen LogP contribution in [0.15, 0.2) is 60.8 Å². The Morgan fingerprint density at radius 2 is 1.83 bits per heavy atom. The Hall–Kier alpha value is -3.52. The number of fused-ring (bicyclic) bond motifs is 1. The number of carbonyl (C=O) groups is 1. The quantitative estimate of drug-likeness (QED) is 0.517. The highest BCUT2D eigenvalue weighted by Crippen LogP contribution is 2.28.